The third-order valence-electron chi connectivity index (χ3n) is 6.65. The van der Waals surface area contributed by atoms with Crippen LogP contribution < -0.4 is 9.47 Å². The Morgan fingerprint density at radius 1 is 1.11 bits per heavy atom. The molecule has 0 saturated carbocycles. The van der Waals surface area contributed by atoms with Crippen molar-refractivity contribution in [2.75, 3.05) is 26.9 Å². The van der Waals surface area contributed by atoms with Crippen molar-refractivity contribution >= 4 is 17.4 Å². The van der Waals surface area contributed by atoms with Gasteiger partial charge in [0.2, 0.25) is 0 Å². The van der Waals surface area contributed by atoms with Crippen LogP contribution in [0.5, 0.6) is 11.5 Å². The molecule has 192 valence electrons. The fourth-order valence-corrected chi connectivity index (χ4v) is 4.88. The van der Waals surface area contributed by atoms with Crippen LogP contribution in [0.4, 0.5) is 0 Å². The number of hydrogen-bond donors (Lipinski definition) is 1. The summed E-state index contributed by atoms with van der Waals surface area (Å²) in [6.45, 7) is 5.52. The molecule has 0 spiro atoms. The van der Waals surface area contributed by atoms with Crippen LogP contribution >= 0.6 is 0 Å². The van der Waals surface area contributed by atoms with E-state index in [-0.39, 0.29) is 17.4 Å². The van der Waals surface area contributed by atoms with Gasteiger partial charge in [0.15, 0.2) is 0 Å². The Hall–Kier alpha value is -3.32. The van der Waals surface area contributed by atoms with Crippen LogP contribution in [0.1, 0.15) is 62.3 Å². The first kappa shape index (κ1) is 25.8. The Morgan fingerprint density at radius 3 is 2.72 bits per heavy atom. The van der Waals surface area contributed by atoms with E-state index in [1.54, 1.807) is 13.2 Å². The summed E-state index contributed by atoms with van der Waals surface area (Å²) in [6, 6.07) is 12.1. The predicted octanol–water partition coefficient (Wildman–Crippen LogP) is 5.04. The van der Waals surface area contributed by atoms with Gasteiger partial charge in [0.05, 0.1) is 18.2 Å². The number of likely N-dealkylation sites (tertiary alicyclic amines) is 1. The average Bonchev–Trinajstić information content (AvgIpc) is 3.37. The largest absolute Gasteiger partial charge is 0.507 e. The number of amides is 1. The molecule has 2 aliphatic rings. The molecule has 0 unspecified atom stereocenters. The zero-order valence-electron chi connectivity index (χ0n) is 21.3. The highest BCUT2D eigenvalue weighted by molar-refractivity contribution is 6.46. The zero-order valence-corrected chi connectivity index (χ0v) is 21.3. The van der Waals surface area contributed by atoms with E-state index in [4.69, 9.17) is 14.2 Å². The van der Waals surface area contributed by atoms with E-state index < -0.39 is 17.7 Å². The van der Waals surface area contributed by atoms with Gasteiger partial charge in [0, 0.05) is 32.2 Å². The fourth-order valence-electron chi connectivity index (χ4n) is 4.88. The molecule has 2 heterocycles. The Bertz CT molecular complexity index is 1140. The van der Waals surface area contributed by atoms with Crippen LogP contribution in [0.25, 0.3) is 5.76 Å². The molecular formula is C29H35NO6. The minimum Gasteiger partial charge on any atom is -0.507 e. The molecule has 0 aromatic heterocycles. The monoisotopic (exact) mass is 493 g/mol. The number of ether oxygens (including phenoxy) is 3. The van der Waals surface area contributed by atoms with Crippen molar-refractivity contribution in [2.45, 2.75) is 58.1 Å². The number of hydrogen-bond acceptors (Lipinski definition) is 6. The van der Waals surface area contributed by atoms with Crippen LogP contribution in [-0.2, 0) is 20.7 Å². The van der Waals surface area contributed by atoms with Gasteiger partial charge in [-0.1, -0.05) is 31.9 Å². The second kappa shape index (κ2) is 11.6. The average molecular weight is 494 g/mol. The number of carbonyl (C=O) groups excluding carboxylic acids is 2. The first-order valence-electron chi connectivity index (χ1n) is 12.7. The van der Waals surface area contributed by atoms with Crippen LogP contribution in [-0.4, -0.2) is 54.7 Å². The number of carbonyl (C=O) groups is 2. The van der Waals surface area contributed by atoms with Gasteiger partial charge in [-0.25, -0.2) is 0 Å². The Balaban J connectivity index is 1.72. The highest BCUT2D eigenvalue weighted by Crippen LogP contribution is 2.41. The lowest BCUT2D eigenvalue weighted by molar-refractivity contribution is -0.140. The quantitative estimate of drug-likeness (QED) is 0.204. The highest BCUT2D eigenvalue weighted by Gasteiger charge is 2.46. The van der Waals surface area contributed by atoms with Gasteiger partial charge in [-0.2, -0.15) is 0 Å². The van der Waals surface area contributed by atoms with E-state index in [9.17, 15) is 14.7 Å². The topological polar surface area (TPSA) is 85.3 Å². The van der Waals surface area contributed by atoms with Crippen LogP contribution in [0.15, 0.2) is 48.0 Å². The summed E-state index contributed by atoms with van der Waals surface area (Å²) in [6.07, 6.45) is 4.50. The summed E-state index contributed by atoms with van der Waals surface area (Å²) in [5.74, 6) is -0.0261. The van der Waals surface area contributed by atoms with Crippen molar-refractivity contribution < 1.29 is 28.9 Å². The molecule has 1 saturated heterocycles. The molecule has 2 atom stereocenters. The molecular weight excluding hydrogens is 458 g/mol. The van der Waals surface area contributed by atoms with E-state index >= 15 is 0 Å². The second-order valence-corrected chi connectivity index (χ2v) is 9.42. The number of aliphatic hydroxyl groups excluding tert-OH is 1. The van der Waals surface area contributed by atoms with Gasteiger partial charge in [0.25, 0.3) is 11.7 Å². The maximum atomic E-state index is 13.3. The second-order valence-electron chi connectivity index (χ2n) is 9.42. The lowest BCUT2D eigenvalue weighted by atomic mass is 9.94. The van der Waals surface area contributed by atoms with Gasteiger partial charge in [-0.3, -0.25) is 9.59 Å². The first-order valence-corrected chi connectivity index (χ1v) is 12.7. The van der Waals surface area contributed by atoms with E-state index in [0.29, 0.717) is 37.5 Å². The number of methoxy groups -OCH3 is 1. The normalized spacial score (nSPS) is 20.5. The summed E-state index contributed by atoms with van der Waals surface area (Å²) in [4.78, 5) is 27.9. The molecule has 7 nitrogen and oxygen atoms in total. The van der Waals surface area contributed by atoms with Crippen molar-refractivity contribution in [1.82, 2.24) is 4.90 Å². The van der Waals surface area contributed by atoms with Gasteiger partial charge >= 0.3 is 0 Å². The third kappa shape index (κ3) is 5.41. The number of aliphatic hydroxyl groups is 1. The van der Waals surface area contributed by atoms with E-state index in [0.717, 1.165) is 42.6 Å². The maximum absolute atomic E-state index is 13.3. The molecule has 7 heteroatoms. The van der Waals surface area contributed by atoms with Crippen molar-refractivity contribution in [3.8, 4) is 11.5 Å². The molecule has 1 fully saturated rings. The summed E-state index contributed by atoms with van der Waals surface area (Å²) in [5.41, 5.74) is 2.28. The predicted molar refractivity (Wildman–Crippen MR) is 137 cm³/mol. The van der Waals surface area contributed by atoms with Gasteiger partial charge in [-0.05, 0) is 61.2 Å². The summed E-state index contributed by atoms with van der Waals surface area (Å²) < 4.78 is 16.9. The zero-order chi connectivity index (χ0) is 25.7. The van der Waals surface area contributed by atoms with Crippen molar-refractivity contribution in [2.24, 2.45) is 0 Å². The van der Waals surface area contributed by atoms with E-state index in [2.05, 4.69) is 6.92 Å². The smallest absolute Gasteiger partial charge is 0.295 e. The molecule has 4 rings (SSSR count). The van der Waals surface area contributed by atoms with E-state index in [1.165, 1.54) is 4.90 Å². The van der Waals surface area contributed by atoms with Crippen LogP contribution in [0, 0.1) is 0 Å². The lowest BCUT2D eigenvalue weighted by Gasteiger charge is -2.25. The lowest BCUT2D eigenvalue weighted by Crippen LogP contribution is -2.31. The highest BCUT2D eigenvalue weighted by atomic mass is 16.5. The van der Waals surface area contributed by atoms with Crippen molar-refractivity contribution in [3.63, 3.8) is 0 Å². The molecule has 0 radical (unpaired) electrons. The Kier molecular flexibility index (Phi) is 8.31. The van der Waals surface area contributed by atoms with Crippen molar-refractivity contribution in [3.05, 3.63) is 64.7 Å². The number of rotatable bonds is 11. The molecule has 36 heavy (non-hydrogen) atoms. The maximum Gasteiger partial charge on any atom is 0.295 e. The SMILES string of the molecule is CCCCCOc1cccc([C@H]2C(=C(O)c3ccc4c(c3)C[C@H](C)O4)C(=O)C(=O)N2CCCOC)c1. The first-order chi connectivity index (χ1) is 17.4. The van der Waals surface area contributed by atoms with Crippen LogP contribution in [0.2, 0.25) is 0 Å². The fraction of sp³-hybridized carbons (Fsp3) is 0.448. The summed E-state index contributed by atoms with van der Waals surface area (Å²) in [7, 11) is 1.60. The molecule has 2 aromatic rings. The molecule has 0 aliphatic carbocycles. The third-order valence-corrected chi connectivity index (χ3v) is 6.65. The molecule has 2 aromatic carbocycles. The summed E-state index contributed by atoms with van der Waals surface area (Å²) >= 11 is 0. The van der Waals surface area contributed by atoms with Gasteiger partial charge in [-0.15, -0.1) is 0 Å². The van der Waals surface area contributed by atoms with E-state index in [1.807, 2.05) is 43.3 Å². The van der Waals surface area contributed by atoms with Crippen molar-refractivity contribution in [1.29, 1.82) is 0 Å². The number of ketones is 1. The van der Waals surface area contributed by atoms with Crippen LogP contribution in [0.3, 0.4) is 0 Å². The number of unbranched alkanes of at least 4 members (excludes halogenated alkanes) is 2. The Labute approximate surface area is 212 Å². The minimum atomic E-state index is -0.718. The molecule has 0 bridgehead atoms. The summed E-state index contributed by atoms with van der Waals surface area (Å²) in [5, 5.41) is 11.4. The van der Waals surface area contributed by atoms with Gasteiger partial charge in [0.1, 0.15) is 23.4 Å². The minimum absolute atomic E-state index is 0.0591. The Morgan fingerprint density at radius 2 is 1.94 bits per heavy atom. The number of nitrogens with zero attached hydrogens (tertiary/aromatic N) is 1. The van der Waals surface area contributed by atoms with Gasteiger partial charge < -0.3 is 24.2 Å². The molecule has 2 aliphatic heterocycles. The number of Topliss-reactive ketones (excluding diaryl/α,β-unsaturated/α-hetero) is 1. The number of benzene rings is 2. The standard InChI is InChI=1S/C29H35NO6/c1-4-5-6-15-35-23-10-7-9-20(18-23)26-25(28(32)29(33)30(26)13-8-14-34-3)27(31)21-11-12-24-22(17-21)16-19(2)36-24/h7,9-12,17-19,26,31H,4-6,8,13-16H2,1-3H3/t19-,26-/m0/s1. The number of fused-ring (bicyclic) bond motifs is 1. The molecule has 1 N–H and O–H groups in total. The molecule has 1 amide bonds.